The van der Waals surface area contributed by atoms with E-state index < -0.39 is 30.1 Å². The first-order valence-electron chi connectivity index (χ1n) is 19.5. The van der Waals surface area contributed by atoms with Crippen molar-refractivity contribution in [1.82, 2.24) is 10.2 Å². The van der Waals surface area contributed by atoms with E-state index in [1.165, 1.54) is 4.90 Å². The van der Waals surface area contributed by atoms with E-state index in [9.17, 15) is 24.3 Å². The highest BCUT2D eigenvalue weighted by Gasteiger charge is 2.39. The standard InChI is InChI=1S/C49H37Cl2N3O7/c50-39-16-19-41(51)38(22-39)28-60-40-17-14-33(15-18-40)46-44(55)24-36-21-35-23-43(54(27-37(35)25-45(36)61-46)48(57)34-4-2-1-3-5-34)47(56)53-42(49(58)59)20-29-6-10-31(11-7-29)32-12-8-30(26-52)9-13-32/h1-19,21-22,25,42-43,46H,20,23-24,27-28H2,(H,53,56)(H,58,59)/t42-,43-,46?/m0/s1. The zero-order valence-electron chi connectivity index (χ0n) is 32.5. The van der Waals surface area contributed by atoms with Crippen LogP contribution in [0.25, 0.3) is 11.1 Å². The molecule has 10 nitrogen and oxygen atoms in total. The number of ether oxygens (including phenoxy) is 2. The van der Waals surface area contributed by atoms with Crippen LogP contribution in [-0.4, -0.2) is 45.7 Å². The first-order chi connectivity index (χ1) is 29.5. The smallest absolute Gasteiger partial charge is 0.326 e. The lowest BCUT2D eigenvalue weighted by molar-refractivity contribution is -0.142. The summed E-state index contributed by atoms with van der Waals surface area (Å²) in [5.74, 6) is -1.28. The molecule has 2 heterocycles. The SMILES string of the molecule is N#Cc1ccc(-c2ccc(C[C@H](NC(=O)[C@@H]3Cc4cc5c(cc4CN3C(=O)c3ccccc3)OC(c3ccc(OCc4cc(Cl)ccc4Cl)cc3)C(=O)C5)C(=O)O)cc2)cc1. The van der Waals surface area contributed by atoms with Gasteiger partial charge in [0.05, 0.1) is 11.6 Å². The van der Waals surface area contributed by atoms with Crippen molar-refractivity contribution in [3.8, 4) is 28.7 Å². The maximum absolute atomic E-state index is 14.2. The second-order valence-electron chi connectivity index (χ2n) is 15.0. The highest BCUT2D eigenvalue weighted by Crippen LogP contribution is 2.38. The maximum atomic E-state index is 14.2. The largest absolute Gasteiger partial charge is 0.489 e. The minimum absolute atomic E-state index is 0.00637. The van der Waals surface area contributed by atoms with E-state index in [0.717, 1.165) is 27.8 Å². The molecule has 6 aromatic rings. The van der Waals surface area contributed by atoms with Crippen molar-refractivity contribution in [2.75, 3.05) is 0 Å². The van der Waals surface area contributed by atoms with E-state index in [1.807, 2.05) is 36.4 Å². The zero-order chi connectivity index (χ0) is 42.6. The van der Waals surface area contributed by atoms with Crippen molar-refractivity contribution >= 4 is 46.8 Å². The predicted octanol–water partition coefficient (Wildman–Crippen LogP) is 8.74. The quantitative estimate of drug-likeness (QED) is 0.132. The second kappa shape index (κ2) is 17.7. The lowest BCUT2D eigenvalue weighted by Crippen LogP contribution is -2.56. The molecule has 0 radical (unpaired) electrons. The van der Waals surface area contributed by atoms with Gasteiger partial charge in [0.15, 0.2) is 11.9 Å². The minimum atomic E-state index is -1.28. The number of rotatable bonds is 11. The fourth-order valence-corrected chi connectivity index (χ4v) is 8.03. The van der Waals surface area contributed by atoms with Crippen molar-refractivity contribution in [2.45, 2.75) is 50.6 Å². The predicted molar refractivity (Wildman–Crippen MR) is 229 cm³/mol. The van der Waals surface area contributed by atoms with Crippen LogP contribution in [-0.2, 0) is 46.8 Å². The Kier molecular flexibility index (Phi) is 11.9. The lowest BCUT2D eigenvalue weighted by Gasteiger charge is -2.37. The summed E-state index contributed by atoms with van der Waals surface area (Å²) >= 11 is 12.4. The van der Waals surface area contributed by atoms with Crippen molar-refractivity contribution in [2.24, 2.45) is 0 Å². The average Bonchev–Trinajstić information content (AvgIpc) is 3.28. The first kappa shape index (κ1) is 40.8. The number of aliphatic carboxylic acids is 1. The Morgan fingerprint density at radius 2 is 1.56 bits per heavy atom. The molecule has 0 saturated carbocycles. The van der Waals surface area contributed by atoms with Gasteiger partial charge in [0.25, 0.3) is 5.91 Å². The molecule has 3 atom stereocenters. The van der Waals surface area contributed by atoms with Crippen LogP contribution < -0.4 is 14.8 Å². The Labute approximate surface area is 361 Å². The topological polar surface area (TPSA) is 146 Å². The summed E-state index contributed by atoms with van der Waals surface area (Å²) in [4.78, 5) is 55.8. The average molecular weight is 851 g/mol. The summed E-state index contributed by atoms with van der Waals surface area (Å²) in [6.07, 6.45) is -0.677. The number of carboxylic acids is 1. The Morgan fingerprint density at radius 3 is 2.25 bits per heavy atom. The molecule has 304 valence electrons. The van der Waals surface area contributed by atoms with Gasteiger partial charge in [-0.25, -0.2) is 4.79 Å². The summed E-state index contributed by atoms with van der Waals surface area (Å²) in [6, 6.07) is 38.8. The Balaban J connectivity index is 0.994. The van der Waals surface area contributed by atoms with Crippen LogP contribution in [0, 0.1) is 11.3 Å². The number of benzene rings is 6. The molecular formula is C49H37Cl2N3O7. The molecular weight excluding hydrogens is 813 g/mol. The number of carbonyl (C=O) groups excluding carboxylic acids is 3. The number of hydrogen-bond donors (Lipinski definition) is 2. The van der Waals surface area contributed by atoms with Crippen LogP contribution in [0.5, 0.6) is 11.5 Å². The van der Waals surface area contributed by atoms with Gasteiger partial charge in [0, 0.05) is 58.1 Å². The van der Waals surface area contributed by atoms with Crippen molar-refractivity contribution in [3.05, 3.63) is 188 Å². The number of nitrogens with zero attached hydrogens (tertiary/aromatic N) is 2. The van der Waals surface area contributed by atoms with Gasteiger partial charge in [-0.05, 0) is 88.5 Å². The van der Waals surface area contributed by atoms with Crippen LogP contribution in [0.3, 0.4) is 0 Å². The summed E-state index contributed by atoms with van der Waals surface area (Å²) in [5, 5.41) is 23.2. The number of ketones is 1. The Hall–Kier alpha value is -6.93. The third-order valence-electron chi connectivity index (χ3n) is 10.9. The summed E-state index contributed by atoms with van der Waals surface area (Å²) in [7, 11) is 0. The number of nitrogens with one attached hydrogen (secondary N) is 1. The number of halogens is 2. The van der Waals surface area contributed by atoms with Gasteiger partial charge in [0.2, 0.25) is 5.91 Å². The van der Waals surface area contributed by atoms with Crippen molar-refractivity contribution in [3.63, 3.8) is 0 Å². The summed E-state index contributed by atoms with van der Waals surface area (Å²) in [6.45, 7) is 0.257. The van der Waals surface area contributed by atoms with Crippen molar-refractivity contribution < 1.29 is 33.8 Å². The number of carboxylic acid groups (broad SMARTS) is 1. The van der Waals surface area contributed by atoms with Gasteiger partial charge < -0.3 is 24.8 Å². The van der Waals surface area contributed by atoms with E-state index in [0.29, 0.717) is 49.4 Å². The first-order valence-corrected chi connectivity index (χ1v) is 20.3. The molecule has 2 amide bonds. The Morgan fingerprint density at radius 1 is 0.852 bits per heavy atom. The lowest BCUT2D eigenvalue weighted by atomic mass is 9.87. The molecule has 0 spiro atoms. The van der Waals surface area contributed by atoms with E-state index in [2.05, 4.69) is 11.4 Å². The maximum Gasteiger partial charge on any atom is 0.326 e. The second-order valence-corrected chi connectivity index (χ2v) is 15.8. The molecule has 6 aromatic carbocycles. The highest BCUT2D eigenvalue weighted by atomic mass is 35.5. The van der Waals surface area contributed by atoms with Crippen molar-refractivity contribution in [1.29, 1.82) is 5.26 Å². The summed E-state index contributed by atoms with van der Waals surface area (Å²) in [5.41, 5.74) is 6.97. The minimum Gasteiger partial charge on any atom is -0.489 e. The third kappa shape index (κ3) is 9.14. The highest BCUT2D eigenvalue weighted by molar-refractivity contribution is 6.33. The number of hydrogen-bond acceptors (Lipinski definition) is 7. The van der Waals surface area contributed by atoms with E-state index in [4.69, 9.17) is 37.9 Å². The van der Waals surface area contributed by atoms with Crippen LogP contribution in [0.4, 0.5) is 0 Å². The number of carbonyl (C=O) groups is 4. The number of amides is 2. The molecule has 0 fully saturated rings. The Bertz CT molecular complexity index is 2680. The molecule has 1 unspecified atom stereocenters. The molecule has 2 aliphatic rings. The van der Waals surface area contributed by atoms with Crippen LogP contribution in [0.1, 0.15) is 55.4 Å². The molecule has 0 aromatic heterocycles. The molecule has 12 heteroatoms. The fraction of sp³-hybridized carbons (Fsp3) is 0.163. The number of fused-ring (bicyclic) bond motifs is 2. The normalized spacial score (nSPS) is 16.0. The molecule has 8 rings (SSSR count). The van der Waals surface area contributed by atoms with Gasteiger partial charge in [-0.3, -0.25) is 14.4 Å². The van der Waals surface area contributed by atoms with E-state index >= 15 is 0 Å². The van der Waals surface area contributed by atoms with Gasteiger partial charge >= 0.3 is 5.97 Å². The molecule has 61 heavy (non-hydrogen) atoms. The van der Waals surface area contributed by atoms with Gasteiger partial charge in [-0.2, -0.15) is 5.26 Å². The molecule has 0 saturated heterocycles. The number of nitriles is 1. The van der Waals surface area contributed by atoms with Gasteiger partial charge in [-0.15, -0.1) is 0 Å². The van der Waals surface area contributed by atoms with Crippen LogP contribution >= 0.6 is 23.2 Å². The summed E-state index contributed by atoms with van der Waals surface area (Å²) < 4.78 is 12.3. The monoisotopic (exact) mass is 849 g/mol. The third-order valence-corrected chi connectivity index (χ3v) is 11.5. The fourth-order valence-electron chi connectivity index (χ4n) is 7.66. The van der Waals surface area contributed by atoms with E-state index in [1.54, 1.807) is 97.1 Å². The van der Waals surface area contributed by atoms with Crippen LogP contribution in [0.2, 0.25) is 10.0 Å². The van der Waals surface area contributed by atoms with E-state index in [-0.39, 0.29) is 44.1 Å². The molecule has 0 aliphatic carbocycles. The molecule has 2 N–H and O–H groups in total. The van der Waals surface area contributed by atoms with Gasteiger partial charge in [0.1, 0.15) is 30.2 Å². The van der Waals surface area contributed by atoms with Crippen LogP contribution in [0.15, 0.2) is 133 Å². The molecule has 2 aliphatic heterocycles. The molecule has 0 bridgehead atoms. The number of Topliss-reactive ketones (excluding diaryl/α,β-unsaturated/α-hetero) is 1. The van der Waals surface area contributed by atoms with Gasteiger partial charge in [-0.1, -0.05) is 96.0 Å². The zero-order valence-corrected chi connectivity index (χ0v) is 34.0.